The number of nitrogens with zero attached hydrogens (tertiary/aromatic N) is 1. The van der Waals surface area contributed by atoms with Gasteiger partial charge in [-0.1, -0.05) is 17.4 Å². The van der Waals surface area contributed by atoms with Crippen molar-refractivity contribution in [3.63, 3.8) is 0 Å². The highest BCUT2D eigenvalue weighted by molar-refractivity contribution is 14.1. The van der Waals surface area contributed by atoms with Crippen LogP contribution in [0.25, 0.3) is 10.2 Å². The molecule has 3 aromatic rings. The minimum atomic E-state index is -0.355. The molecule has 1 heterocycles. The molecule has 1 aromatic heterocycles. The molecule has 0 spiro atoms. The highest BCUT2D eigenvalue weighted by Crippen LogP contribution is 2.29. The zero-order valence-electron chi connectivity index (χ0n) is 11.9. The van der Waals surface area contributed by atoms with Crippen molar-refractivity contribution >= 4 is 55.2 Å². The zero-order valence-corrected chi connectivity index (χ0v) is 14.9. The molecule has 0 unspecified atom stereocenters. The van der Waals surface area contributed by atoms with Crippen LogP contribution in [0.1, 0.15) is 21.5 Å². The number of fused-ring (bicyclic) bond motifs is 1. The summed E-state index contributed by atoms with van der Waals surface area (Å²) >= 11 is 3.39. The maximum absolute atomic E-state index is 13.1. The van der Waals surface area contributed by atoms with Gasteiger partial charge in [-0.05, 0) is 71.8 Å². The average Bonchev–Trinajstić information content (AvgIpc) is 2.81. The lowest BCUT2D eigenvalue weighted by Gasteiger charge is -2.04. The van der Waals surface area contributed by atoms with Crippen molar-refractivity contribution in [2.75, 3.05) is 5.32 Å². The number of hydrogen-bond donors (Lipinski definition) is 1. The van der Waals surface area contributed by atoms with E-state index in [2.05, 4.69) is 22.4 Å². The van der Waals surface area contributed by atoms with Crippen molar-refractivity contribution in [2.45, 2.75) is 13.8 Å². The topological polar surface area (TPSA) is 42.0 Å². The van der Waals surface area contributed by atoms with E-state index in [4.69, 9.17) is 0 Å². The van der Waals surface area contributed by atoms with E-state index in [-0.39, 0.29) is 11.7 Å². The predicted molar refractivity (Wildman–Crippen MR) is 96.2 cm³/mol. The lowest BCUT2D eigenvalue weighted by atomic mass is 10.1. The summed E-state index contributed by atoms with van der Waals surface area (Å²) in [6.07, 6.45) is 0. The minimum Gasteiger partial charge on any atom is -0.298 e. The second-order valence-corrected chi connectivity index (χ2v) is 7.22. The fourth-order valence-corrected chi connectivity index (χ4v) is 4.02. The summed E-state index contributed by atoms with van der Waals surface area (Å²) in [5, 5.41) is 3.35. The summed E-state index contributed by atoms with van der Waals surface area (Å²) in [5.41, 5.74) is 3.59. The summed E-state index contributed by atoms with van der Waals surface area (Å²) in [5.74, 6) is -0.634. The van der Waals surface area contributed by atoms with Crippen molar-refractivity contribution < 1.29 is 9.18 Å². The van der Waals surface area contributed by atoms with Crippen LogP contribution >= 0.6 is 33.9 Å². The van der Waals surface area contributed by atoms with Gasteiger partial charge in [-0.2, -0.15) is 0 Å². The van der Waals surface area contributed by atoms with Gasteiger partial charge < -0.3 is 0 Å². The molecule has 0 aliphatic rings. The maximum atomic E-state index is 13.1. The van der Waals surface area contributed by atoms with E-state index in [1.54, 1.807) is 0 Å². The molecule has 0 aliphatic carbocycles. The summed E-state index contributed by atoms with van der Waals surface area (Å²) in [7, 11) is 0. The normalized spacial score (nSPS) is 10.9. The fraction of sp³-hybridized carbons (Fsp3) is 0.125. The van der Waals surface area contributed by atoms with Crippen molar-refractivity contribution in [2.24, 2.45) is 0 Å². The first-order valence-electron chi connectivity index (χ1n) is 6.58. The average molecular weight is 426 g/mol. The summed E-state index contributed by atoms with van der Waals surface area (Å²) in [6.45, 7) is 4.04. The van der Waals surface area contributed by atoms with Crippen LogP contribution in [0.2, 0.25) is 0 Å². The second kappa shape index (κ2) is 5.92. The number of aryl methyl sites for hydroxylation is 2. The molecular weight excluding hydrogens is 414 g/mol. The molecule has 6 heteroatoms. The summed E-state index contributed by atoms with van der Waals surface area (Å²) in [4.78, 5) is 16.8. The molecular formula is C16H12FIN2OS. The molecule has 0 saturated carbocycles. The van der Waals surface area contributed by atoms with Crippen molar-refractivity contribution in [1.82, 2.24) is 4.98 Å². The molecule has 1 N–H and O–H groups in total. The number of rotatable bonds is 2. The van der Waals surface area contributed by atoms with Crippen LogP contribution in [0, 0.1) is 23.2 Å². The van der Waals surface area contributed by atoms with Gasteiger partial charge in [0.2, 0.25) is 0 Å². The molecule has 2 aromatic carbocycles. The summed E-state index contributed by atoms with van der Waals surface area (Å²) in [6, 6.07) is 8.22. The Bertz CT molecular complexity index is 891. The standard InChI is InChI=1S/C16H12FIN2OS/c1-8-5-9(2)14-13(6-8)22-16(19-14)20-15(21)11-4-3-10(17)7-12(11)18/h3-7H,1-2H3,(H,19,20,21). The number of nitrogens with one attached hydrogen (secondary N) is 1. The van der Waals surface area contributed by atoms with Crippen LogP contribution in [0.3, 0.4) is 0 Å². The molecule has 0 radical (unpaired) electrons. The van der Waals surface area contributed by atoms with Crippen LogP contribution in [-0.4, -0.2) is 10.9 Å². The third-order valence-electron chi connectivity index (χ3n) is 3.23. The van der Waals surface area contributed by atoms with E-state index in [0.29, 0.717) is 14.3 Å². The van der Waals surface area contributed by atoms with Gasteiger partial charge >= 0.3 is 0 Å². The van der Waals surface area contributed by atoms with E-state index in [1.165, 1.54) is 35.1 Å². The molecule has 0 fully saturated rings. The van der Waals surface area contributed by atoms with Gasteiger partial charge in [-0.3, -0.25) is 10.1 Å². The molecule has 112 valence electrons. The predicted octanol–water partition coefficient (Wildman–Crippen LogP) is 4.91. The third kappa shape index (κ3) is 2.98. The lowest BCUT2D eigenvalue weighted by molar-refractivity contribution is 0.102. The zero-order chi connectivity index (χ0) is 15.9. The Balaban J connectivity index is 1.92. The Kier molecular flexibility index (Phi) is 4.14. The molecule has 3 nitrogen and oxygen atoms in total. The van der Waals surface area contributed by atoms with E-state index in [1.807, 2.05) is 36.4 Å². The van der Waals surface area contributed by atoms with Crippen molar-refractivity contribution in [3.8, 4) is 0 Å². The number of anilines is 1. The number of carbonyl (C=O) groups is 1. The largest absolute Gasteiger partial charge is 0.298 e. The van der Waals surface area contributed by atoms with E-state index < -0.39 is 0 Å². The smallest absolute Gasteiger partial charge is 0.258 e. The first-order valence-corrected chi connectivity index (χ1v) is 8.48. The molecule has 0 bridgehead atoms. The minimum absolute atomic E-state index is 0.280. The van der Waals surface area contributed by atoms with Gasteiger partial charge in [0.1, 0.15) is 5.82 Å². The molecule has 22 heavy (non-hydrogen) atoms. The Morgan fingerprint density at radius 3 is 2.77 bits per heavy atom. The maximum Gasteiger partial charge on any atom is 0.258 e. The van der Waals surface area contributed by atoms with Gasteiger partial charge in [-0.25, -0.2) is 9.37 Å². The van der Waals surface area contributed by atoms with Gasteiger partial charge in [0.05, 0.1) is 15.8 Å². The molecule has 3 rings (SSSR count). The quantitative estimate of drug-likeness (QED) is 0.592. The van der Waals surface area contributed by atoms with Crippen LogP contribution < -0.4 is 5.32 Å². The number of carbonyl (C=O) groups excluding carboxylic acids is 1. The van der Waals surface area contributed by atoms with Gasteiger partial charge in [-0.15, -0.1) is 0 Å². The summed E-state index contributed by atoms with van der Waals surface area (Å²) < 4.78 is 14.7. The Labute approximate surface area is 144 Å². The SMILES string of the molecule is Cc1cc(C)c2nc(NC(=O)c3ccc(F)cc3I)sc2c1. The van der Waals surface area contributed by atoms with Crippen LogP contribution in [-0.2, 0) is 0 Å². The van der Waals surface area contributed by atoms with Gasteiger partial charge in [0, 0.05) is 3.57 Å². The molecule has 0 aliphatic heterocycles. The number of amides is 1. The Hall–Kier alpha value is -1.54. The second-order valence-electron chi connectivity index (χ2n) is 5.03. The van der Waals surface area contributed by atoms with E-state index in [0.717, 1.165) is 15.8 Å². The number of thiazole rings is 1. The Morgan fingerprint density at radius 1 is 1.27 bits per heavy atom. The lowest BCUT2D eigenvalue weighted by Crippen LogP contribution is -2.13. The van der Waals surface area contributed by atoms with Crippen LogP contribution in [0.5, 0.6) is 0 Å². The first-order chi connectivity index (χ1) is 10.4. The molecule has 0 saturated heterocycles. The number of halogens is 2. The highest BCUT2D eigenvalue weighted by Gasteiger charge is 2.14. The van der Waals surface area contributed by atoms with Gasteiger partial charge in [0.15, 0.2) is 5.13 Å². The van der Waals surface area contributed by atoms with E-state index >= 15 is 0 Å². The Morgan fingerprint density at radius 2 is 2.05 bits per heavy atom. The monoisotopic (exact) mass is 426 g/mol. The van der Waals surface area contributed by atoms with Crippen LogP contribution in [0.15, 0.2) is 30.3 Å². The molecule has 1 amide bonds. The first kappa shape index (κ1) is 15.4. The fourth-order valence-electron chi connectivity index (χ4n) is 2.26. The number of hydrogen-bond acceptors (Lipinski definition) is 3. The van der Waals surface area contributed by atoms with Crippen LogP contribution in [0.4, 0.5) is 9.52 Å². The molecule has 0 atom stereocenters. The van der Waals surface area contributed by atoms with Crippen molar-refractivity contribution in [1.29, 1.82) is 0 Å². The van der Waals surface area contributed by atoms with Gasteiger partial charge in [0.25, 0.3) is 5.91 Å². The number of aromatic nitrogens is 1. The number of benzene rings is 2. The van der Waals surface area contributed by atoms with Crippen molar-refractivity contribution in [3.05, 3.63) is 56.4 Å². The highest BCUT2D eigenvalue weighted by atomic mass is 127. The van der Waals surface area contributed by atoms with E-state index in [9.17, 15) is 9.18 Å². The third-order valence-corrected chi connectivity index (χ3v) is 5.04.